The molecule has 242 valence electrons. The lowest BCUT2D eigenvalue weighted by Gasteiger charge is -2.46. The molecule has 3 aliphatic heterocycles. The van der Waals surface area contributed by atoms with Gasteiger partial charge >= 0.3 is 12.2 Å². The first-order valence-electron chi connectivity index (χ1n) is 17.9. The quantitative estimate of drug-likeness (QED) is 0.300. The number of nitrogens with zero attached hydrogens (tertiary/aromatic N) is 3. The van der Waals surface area contributed by atoms with E-state index in [1.54, 1.807) is 12.1 Å². The van der Waals surface area contributed by atoms with Crippen LogP contribution >= 0.6 is 0 Å². The van der Waals surface area contributed by atoms with Crippen LogP contribution in [-0.4, -0.2) is 83.9 Å². The highest BCUT2D eigenvalue weighted by atomic mass is 16.6. The Morgan fingerprint density at radius 3 is 2.11 bits per heavy atom. The fraction of sp³-hybridized carbons (Fsp3) is 0.474. The van der Waals surface area contributed by atoms with E-state index in [1.807, 2.05) is 67.8 Å². The Balaban J connectivity index is 1.17. The van der Waals surface area contributed by atoms with Crippen LogP contribution in [0, 0.1) is 6.92 Å². The number of ether oxygens (including phenoxy) is 3. The molecular weight excluding hydrogens is 578 g/mol. The molecule has 3 heterocycles. The van der Waals surface area contributed by atoms with E-state index in [4.69, 9.17) is 18.3 Å². The molecule has 4 atom stereocenters. The molecule has 3 fully saturated rings. The van der Waals surface area contributed by atoms with Gasteiger partial charge < -0.3 is 19.1 Å². The third-order valence-corrected chi connectivity index (χ3v) is 10.3. The van der Waals surface area contributed by atoms with Gasteiger partial charge in [0.1, 0.15) is 18.0 Å². The minimum Gasteiger partial charge on any atom is -0.496 e. The highest BCUT2D eigenvalue weighted by Crippen LogP contribution is 2.47. The van der Waals surface area contributed by atoms with Crippen molar-refractivity contribution >= 4 is 12.2 Å². The largest absolute Gasteiger partial charge is 0.496 e. The first-order valence-corrected chi connectivity index (χ1v) is 16.4. The summed E-state index contributed by atoms with van der Waals surface area (Å²) in [5.41, 5.74) is 5.58. The first kappa shape index (κ1) is 27.1. The zero-order valence-corrected chi connectivity index (χ0v) is 27.1. The number of fused-ring (bicyclic) bond motifs is 5. The van der Waals surface area contributed by atoms with Crippen molar-refractivity contribution in [3.8, 4) is 16.9 Å². The number of rotatable bonds is 5. The summed E-state index contributed by atoms with van der Waals surface area (Å²) in [6, 6.07) is 21.8. The van der Waals surface area contributed by atoms with Gasteiger partial charge in [-0.25, -0.2) is 9.59 Å². The lowest BCUT2D eigenvalue weighted by Crippen LogP contribution is -2.59. The lowest BCUT2D eigenvalue weighted by molar-refractivity contribution is -0.0128. The van der Waals surface area contributed by atoms with Crippen molar-refractivity contribution in [2.75, 3.05) is 33.3 Å². The summed E-state index contributed by atoms with van der Waals surface area (Å²) in [7, 11) is -2.61. The van der Waals surface area contributed by atoms with Crippen molar-refractivity contribution in [3.05, 3.63) is 89.0 Å². The lowest BCUT2D eigenvalue weighted by atomic mass is 9.92. The number of carbonyl (C=O) groups is 2. The van der Waals surface area contributed by atoms with Crippen molar-refractivity contribution in [1.82, 2.24) is 14.7 Å². The number of carbonyl (C=O) groups excluding carboxylic acids is 2. The molecule has 2 unspecified atom stereocenters. The maximum atomic E-state index is 14.2. The van der Waals surface area contributed by atoms with E-state index < -0.39 is 24.8 Å². The number of amides is 2. The molecule has 46 heavy (non-hydrogen) atoms. The Morgan fingerprint density at radius 2 is 1.48 bits per heavy atom. The van der Waals surface area contributed by atoms with Crippen LogP contribution in [0.25, 0.3) is 11.1 Å². The molecule has 0 radical (unpaired) electrons. The Morgan fingerprint density at radius 1 is 0.848 bits per heavy atom. The van der Waals surface area contributed by atoms with Gasteiger partial charge in [-0.2, -0.15) is 0 Å². The Labute approximate surface area is 276 Å². The van der Waals surface area contributed by atoms with Crippen molar-refractivity contribution in [3.63, 3.8) is 0 Å². The Hall–Kier alpha value is -4.04. The molecule has 2 amide bonds. The van der Waals surface area contributed by atoms with Gasteiger partial charge in [0.2, 0.25) is 0 Å². The van der Waals surface area contributed by atoms with Crippen molar-refractivity contribution < 1.29 is 27.9 Å². The van der Waals surface area contributed by atoms with Gasteiger partial charge in [-0.1, -0.05) is 60.7 Å². The second-order valence-electron chi connectivity index (χ2n) is 14.1. The van der Waals surface area contributed by atoms with Crippen LogP contribution in [0.4, 0.5) is 9.59 Å². The second-order valence-corrected chi connectivity index (χ2v) is 14.1. The molecule has 8 heteroatoms. The molecule has 3 aromatic carbocycles. The maximum Gasteiger partial charge on any atom is 0.410 e. The fourth-order valence-electron chi connectivity index (χ4n) is 8.36. The summed E-state index contributed by atoms with van der Waals surface area (Å²) in [6.07, 6.45) is 1.92. The van der Waals surface area contributed by atoms with E-state index in [1.165, 1.54) is 11.1 Å². The van der Waals surface area contributed by atoms with Crippen LogP contribution in [0.5, 0.6) is 5.75 Å². The predicted molar refractivity (Wildman–Crippen MR) is 177 cm³/mol. The zero-order chi connectivity index (χ0) is 34.7. The van der Waals surface area contributed by atoms with Crippen LogP contribution in [-0.2, 0) is 9.47 Å². The third-order valence-electron chi connectivity index (χ3n) is 10.3. The van der Waals surface area contributed by atoms with E-state index in [0.29, 0.717) is 25.2 Å². The van der Waals surface area contributed by atoms with Gasteiger partial charge in [0, 0.05) is 43.7 Å². The average Bonchev–Trinajstić information content (AvgIpc) is 3.68. The summed E-state index contributed by atoms with van der Waals surface area (Å²) in [6.45, 7) is 9.30. The van der Waals surface area contributed by atoms with Crippen LogP contribution in [0.2, 0.25) is 0 Å². The maximum absolute atomic E-state index is 14.2. The topological polar surface area (TPSA) is 71.6 Å². The molecule has 2 bridgehead atoms. The summed E-state index contributed by atoms with van der Waals surface area (Å²) in [5, 5.41) is 0. The van der Waals surface area contributed by atoms with Crippen LogP contribution in [0.1, 0.15) is 78.4 Å². The van der Waals surface area contributed by atoms with Gasteiger partial charge in [-0.3, -0.25) is 9.80 Å². The minimum absolute atomic E-state index is 0.0551. The number of benzene rings is 3. The standard InChI is InChI=1S/C38H45N3O5/c1-24-27(15-10-16-34(24)44-5)35-33(41-25-17-18-26(41)22-39(21-25)36(42)46-38(2,3)4)19-20-40(35)37(43)45-23-32-30-13-8-6-11-28(30)29-12-7-9-14-31(29)32/h6-16,25-26,32-33,35H,17-23H2,1-5H3/t25?,26?,33-,35-/m1/s1/i5D3. The minimum atomic E-state index is -2.61. The van der Waals surface area contributed by atoms with Gasteiger partial charge in [0.15, 0.2) is 0 Å². The first-order chi connectivity index (χ1) is 23.3. The molecular formula is C38H45N3O5. The summed E-state index contributed by atoms with van der Waals surface area (Å²) in [5.74, 6) is 0.205. The molecule has 0 spiro atoms. The molecule has 0 N–H and O–H groups in total. The van der Waals surface area contributed by atoms with Gasteiger partial charge in [0.05, 0.1) is 17.2 Å². The third kappa shape index (κ3) is 5.40. The summed E-state index contributed by atoms with van der Waals surface area (Å²) < 4.78 is 40.6. The molecule has 0 saturated carbocycles. The summed E-state index contributed by atoms with van der Waals surface area (Å²) in [4.78, 5) is 33.4. The summed E-state index contributed by atoms with van der Waals surface area (Å²) >= 11 is 0. The van der Waals surface area contributed by atoms with Gasteiger partial charge in [-0.15, -0.1) is 0 Å². The van der Waals surface area contributed by atoms with Gasteiger partial charge in [-0.05, 0) is 86.4 Å². The van der Waals surface area contributed by atoms with E-state index in [0.717, 1.165) is 36.0 Å². The monoisotopic (exact) mass is 626 g/mol. The normalized spacial score (nSPS) is 25.3. The number of hydrogen-bond acceptors (Lipinski definition) is 6. The highest BCUT2D eigenvalue weighted by molar-refractivity contribution is 5.79. The van der Waals surface area contributed by atoms with Crippen LogP contribution in [0.3, 0.4) is 0 Å². The second kappa shape index (κ2) is 12.0. The molecule has 4 aliphatic rings. The highest BCUT2D eigenvalue weighted by Gasteiger charge is 2.51. The predicted octanol–water partition coefficient (Wildman–Crippen LogP) is 7.15. The van der Waals surface area contributed by atoms with E-state index >= 15 is 0 Å². The smallest absolute Gasteiger partial charge is 0.410 e. The molecule has 3 saturated heterocycles. The molecule has 0 aromatic heterocycles. The van der Waals surface area contributed by atoms with E-state index in [2.05, 4.69) is 29.2 Å². The van der Waals surface area contributed by atoms with Crippen molar-refractivity contribution in [2.45, 2.75) is 82.6 Å². The molecule has 3 aromatic rings. The fourth-order valence-corrected chi connectivity index (χ4v) is 8.36. The average molecular weight is 627 g/mol. The zero-order valence-electron chi connectivity index (χ0n) is 30.1. The molecule has 8 nitrogen and oxygen atoms in total. The van der Waals surface area contributed by atoms with Crippen LogP contribution in [0.15, 0.2) is 66.7 Å². The number of likely N-dealkylation sites (tertiary alicyclic amines) is 2. The Kier molecular flexibility index (Phi) is 7.05. The van der Waals surface area contributed by atoms with Gasteiger partial charge in [0.25, 0.3) is 0 Å². The van der Waals surface area contributed by atoms with Crippen LogP contribution < -0.4 is 4.74 Å². The van der Waals surface area contributed by atoms with Crippen molar-refractivity contribution in [1.29, 1.82) is 0 Å². The number of piperazine rings is 1. The molecule has 1 aliphatic carbocycles. The van der Waals surface area contributed by atoms with E-state index in [-0.39, 0.29) is 42.5 Å². The molecule has 7 rings (SSSR count). The van der Waals surface area contributed by atoms with E-state index in [9.17, 15) is 9.59 Å². The number of hydrogen-bond donors (Lipinski definition) is 0. The van der Waals surface area contributed by atoms with Crippen molar-refractivity contribution in [2.24, 2.45) is 0 Å². The SMILES string of the molecule is [2H]C([2H])([2H])Oc1cccc([C@@H]2[C@H](N3C4CCC3CN(C(=O)OC(C)(C)C)C4)CCN2C(=O)OCC2c3ccccc3-c3ccccc32)c1C. The number of methoxy groups -OCH3 is 1. The Bertz CT molecular complexity index is 1680.